The highest BCUT2D eigenvalue weighted by Crippen LogP contribution is 2.29. The number of nitrogens with zero attached hydrogens (tertiary/aromatic N) is 5. The molecule has 3 aromatic rings. The van der Waals surface area contributed by atoms with Crippen LogP contribution < -0.4 is 9.62 Å². The van der Waals surface area contributed by atoms with Gasteiger partial charge in [-0.25, -0.2) is 23.1 Å². The normalized spacial score (nSPS) is 16.6. The molecule has 0 saturated heterocycles. The van der Waals surface area contributed by atoms with Crippen LogP contribution in [0.4, 0.5) is 5.69 Å². The number of nitriles is 1. The van der Waals surface area contributed by atoms with Crippen LogP contribution in [0.1, 0.15) is 16.8 Å². The second-order valence-corrected chi connectivity index (χ2v) is 8.47. The van der Waals surface area contributed by atoms with Crippen LogP contribution in [0.2, 0.25) is 0 Å². The summed E-state index contributed by atoms with van der Waals surface area (Å²) in [4.78, 5) is 13.1. The van der Waals surface area contributed by atoms with Crippen LogP contribution in [0.3, 0.4) is 0 Å². The summed E-state index contributed by atoms with van der Waals surface area (Å²) in [5.41, 5.74) is 3.39. The first kappa shape index (κ1) is 18.2. The molecule has 3 heterocycles. The fourth-order valence-electron chi connectivity index (χ4n) is 3.43. The molecule has 4 rings (SSSR count). The average Bonchev–Trinajstić information content (AvgIpc) is 3.33. The van der Waals surface area contributed by atoms with Gasteiger partial charge in [-0.2, -0.15) is 5.26 Å². The summed E-state index contributed by atoms with van der Waals surface area (Å²) in [6, 6.07) is 7.29. The standard InChI is InChI=1S/C18H19N7O2S/c1-24-10-18(22-12-24)28(26,27)23-15-5-14-4-13(6-19)2-3-17(14)25(8-15)9-16-7-20-11-21-16/h2-4,7,10-12,15,23H,5,8-9H2,1H3,(H,20,21). The third-order valence-electron chi connectivity index (χ3n) is 4.65. The zero-order valence-electron chi connectivity index (χ0n) is 15.2. The summed E-state index contributed by atoms with van der Waals surface area (Å²) >= 11 is 0. The fourth-order valence-corrected chi connectivity index (χ4v) is 4.64. The lowest BCUT2D eigenvalue weighted by molar-refractivity contribution is 0.522. The Morgan fingerprint density at radius 1 is 1.43 bits per heavy atom. The smallest absolute Gasteiger partial charge is 0.259 e. The first-order chi connectivity index (χ1) is 13.4. The van der Waals surface area contributed by atoms with Gasteiger partial charge in [0, 0.05) is 37.7 Å². The number of aryl methyl sites for hydroxylation is 1. The van der Waals surface area contributed by atoms with E-state index >= 15 is 0 Å². The quantitative estimate of drug-likeness (QED) is 0.661. The molecule has 0 aliphatic carbocycles. The molecule has 0 radical (unpaired) electrons. The maximum Gasteiger partial charge on any atom is 0.259 e. The van der Waals surface area contributed by atoms with E-state index in [9.17, 15) is 13.7 Å². The maximum absolute atomic E-state index is 12.7. The Morgan fingerprint density at radius 2 is 2.29 bits per heavy atom. The molecule has 1 atom stereocenters. The molecule has 1 unspecified atom stereocenters. The van der Waals surface area contributed by atoms with E-state index in [1.807, 2.05) is 12.1 Å². The van der Waals surface area contributed by atoms with Gasteiger partial charge in [-0.05, 0) is 30.2 Å². The fraction of sp³-hybridized carbons (Fsp3) is 0.278. The van der Waals surface area contributed by atoms with E-state index in [4.69, 9.17) is 0 Å². The van der Waals surface area contributed by atoms with Crippen LogP contribution in [-0.2, 0) is 30.0 Å². The SMILES string of the molecule is Cn1cnc(S(=O)(=O)NC2Cc3cc(C#N)ccc3N(Cc3cnc[nH]3)C2)c1. The Hall–Kier alpha value is -3.16. The van der Waals surface area contributed by atoms with E-state index < -0.39 is 10.0 Å². The van der Waals surface area contributed by atoms with Crippen LogP contribution in [0, 0.1) is 11.3 Å². The van der Waals surface area contributed by atoms with E-state index in [0.717, 1.165) is 16.9 Å². The number of anilines is 1. The predicted molar refractivity (Wildman–Crippen MR) is 102 cm³/mol. The highest BCUT2D eigenvalue weighted by atomic mass is 32.2. The van der Waals surface area contributed by atoms with Crippen molar-refractivity contribution >= 4 is 15.7 Å². The Balaban J connectivity index is 1.63. The van der Waals surface area contributed by atoms with Gasteiger partial charge in [-0.1, -0.05) is 0 Å². The van der Waals surface area contributed by atoms with Crippen molar-refractivity contribution in [1.82, 2.24) is 24.2 Å². The first-order valence-electron chi connectivity index (χ1n) is 8.70. The molecule has 9 nitrogen and oxygen atoms in total. The van der Waals surface area contributed by atoms with Crippen molar-refractivity contribution in [2.24, 2.45) is 7.05 Å². The summed E-state index contributed by atoms with van der Waals surface area (Å²) in [6.07, 6.45) is 6.77. The molecule has 1 aliphatic heterocycles. The Bertz CT molecular complexity index is 1130. The minimum Gasteiger partial charge on any atom is -0.364 e. The molecule has 0 fully saturated rings. The molecule has 0 bridgehead atoms. The van der Waals surface area contributed by atoms with E-state index in [-0.39, 0.29) is 11.1 Å². The van der Waals surface area contributed by atoms with Crippen LogP contribution in [0.5, 0.6) is 0 Å². The number of hydrogen-bond donors (Lipinski definition) is 2. The summed E-state index contributed by atoms with van der Waals surface area (Å²) < 4.78 is 29.7. The Kier molecular flexibility index (Phi) is 4.62. The predicted octanol–water partition coefficient (Wildman–Crippen LogP) is 0.925. The van der Waals surface area contributed by atoms with Gasteiger partial charge in [0.15, 0.2) is 5.03 Å². The lowest BCUT2D eigenvalue weighted by Gasteiger charge is -2.36. The van der Waals surface area contributed by atoms with Crippen LogP contribution in [-0.4, -0.2) is 40.5 Å². The van der Waals surface area contributed by atoms with Crippen molar-refractivity contribution < 1.29 is 8.42 Å². The number of nitrogens with one attached hydrogen (secondary N) is 2. The zero-order chi connectivity index (χ0) is 19.7. The summed E-state index contributed by atoms with van der Waals surface area (Å²) in [7, 11) is -2.02. The largest absolute Gasteiger partial charge is 0.364 e. The lowest BCUT2D eigenvalue weighted by atomic mass is 9.96. The lowest BCUT2D eigenvalue weighted by Crippen LogP contribution is -2.48. The number of benzene rings is 1. The molecule has 1 aliphatic rings. The van der Waals surface area contributed by atoms with Crippen molar-refractivity contribution in [3.63, 3.8) is 0 Å². The molecule has 2 N–H and O–H groups in total. The third-order valence-corrected chi connectivity index (χ3v) is 6.06. The molecule has 2 aromatic heterocycles. The molecular weight excluding hydrogens is 378 g/mol. The minimum absolute atomic E-state index is 0.00769. The Morgan fingerprint density at radius 3 is 2.96 bits per heavy atom. The minimum atomic E-state index is -3.74. The molecule has 10 heteroatoms. The van der Waals surface area contributed by atoms with Crippen molar-refractivity contribution in [3.8, 4) is 6.07 Å². The van der Waals surface area contributed by atoms with Gasteiger partial charge in [-0.3, -0.25) is 0 Å². The Labute approximate surface area is 162 Å². The number of aromatic nitrogens is 4. The number of sulfonamides is 1. The van der Waals surface area contributed by atoms with Crippen molar-refractivity contribution in [2.75, 3.05) is 11.4 Å². The number of H-pyrrole nitrogens is 1. The third kappa shape index (κ3) is 3.62. The molecule has 1 aromatic carbocycles. The van der Waals surface area contributed by atoms with Crippen LogP contribution >= 0.6 is 0 Å². The summed E-state index contributed by atoms with van der Waals surface area (Å²) in [6.45, 7) is 1.05. The van der Waals surface area contributed by atoms with Gasteiger partial charge in [0.1, 0.15) is 0 Å². The van der Waals surface area contributed by atoms with Gasteiger partial charge in [0.2, 0.25) is 0 Å². The van der Waals surface area contributed by atoms with E-state index in [1.165, 1.54) is 12.5 Å². The summed E-state index contributed by atoms with van der Waals surface area (Å²) in [5, 5.41) is 9.21. The van der Waals surface area contributed by atoms with Crippen LogP contribution in [0.15, 0.2) is 48.3 Å². The molecule has 0 amide bonds. The monoisotopic (exact) mass is 397 g/mol. The van der Waals surface area contributed by atoms with Crippen LogP contribution in [0.25, 0.3) is 0 Å². The van der Waals surface area contributed by atoms with Crippen molar-refractivity contribution in [2.45, 2.75) is 24.0 Å². The number of rotatable bonds is 5. The molecule has 0 saturated carbocycles. The number of hydrogen-bond acceptors (Lipinski definition) is 6. The second-order valence-electron chi connectivity index (χ2n) is 6.81. The molecule has 144 valence electrons. The van der Waals surface area contributed by atoms with Crippen molar-refractivity contribution in [3.05, 3.63) is 60.1 Å². The van der Waals surface area contributed by atoms with Gasteiger partial charge in [0.05, 0.1) is 36.5 Å². The van der Waals surface area contributed by atoms with E-state index in [0.29, 0.717) is 25.1 Å². The summed E-state index contributed by atoms with van der Waals surface area (Å²) in [5.74, 6) is 0. The van der Waals surface area contributed by atoms with Gasteiger partial charge in [0.25, 0.3) is 10.0 Å². The maximum atomic E-state index is 12.7. The van der Waals surface area contributed by atoms with Gasteiger partial charge < -0.3 is 14.5 Å². The first-order valence-corrected chi connectivity index (χ1v) is 10.2. The molecular formula is C18H19N7O2S. The zero-order valence-corrected chi connectivity index (χ0v) is 16.0. The molecule has 0 spiro atoms. The highest BCUT2D eigenvalue weighted by Gasteiger charge is 2.29. The van der Waals surface area contributed by atoms with Gasteiger partial charge >= 0.3 is 0 Å². The molecule has 28 heavy (non-hydrogen) atoms. The van der Waals surface area contributed by atoms with Gasteiger partial charge in [-0.15, -0.1) is 0 Å². The number of aromatic amines is 1. The van der Waals surface area contributed by atoms with E-state index in [2.05, 4.69) is 30.6 Å². The average molecular weight is 397 g/mol. The van der Waals surface area contributed by atoms with E-state index in [1.54, 1.807) is 30.2 Å². The van der Waals surface area contributed by atoms with Crippen molar-refractivity contribution in [1.29, 1.82) is 5.26 Å². The second kappa shape index (κ2) is 7.10. The highest BCUT2D eigenvalue weighted by molar-refractivity contribution is 7.89. The topological polar surface area (TPSA) is 120 Å². The number of imidazole rings is 2. The number of fused-ring (bicyclic) bond motifs is 1.